The summed E-state index contributed by atoms with van der Waals surface area (Å²) in [6.45, 7) is 11.0. The van der Waals surface area contributed by atoms with E-state index in [1.54, 1.807) is 0 Å². The number of allylic oxidation sites excluding steroid dienone is 1. The Morgan fingerprint density at radius 3 is 2.24 bits per heavy atom. The summed E-state index contributed by atoms with van der Waals surface area (Å²) < 4.78 is 0. The van der Waals surface area contributed by atoms with E-state index in [4.69, 9.17) is 5.11 Å². The Bertz CT molecular complexity index is 202. The molecule has 0 saturated heterocycles. The fraction of sp³-hybridized carbons (Fsp3) is 0.786. The van der Waals surface area contributed by atoms with Crippen LogP contribution in [-0.4, -0.2) is 23.7 Å². The summed E-state index contributed by atoms with van der Waals surface area (Å²) in [5, 5.41) is 12.2. The predicted molar refractivity (Wildman–Crippen MR) is 74.3 cm³/mol. The zero-order valence-corrected chi connectivity index (χ0v) is 12.0. The number of rotatable bonds is 4. The summed E-state index contributed by atoms with van der Waals surface area (Å²) in [7, 11) is 0. The predicted octanol–water partition coefficient (Wildman–Crippen LogP) is 3.46. The van der Waals surface area contributed by atoms with Crippen molar-refractivity contribution in [3.63, 3.8) is 0 Å². The molecular formula is C14H29NO2. The molecule has 1 rings (SSSR count). The van der Waals surface area contributed by atoms with E-state index in [1.807, 2.05) is 33.8 Å². The van der Waals surface area contributed by atoms with Crippen LogP contribution in [0.4, 0.5) is 0 Å². The largest absolute Gasteiger partial charge is 0.481 e. The zero-order valence-electron chi connectivity index (χ0n) is 12.0. The number of hydrogen-bond acceptors (Lipinski definition) is 2. The minimum absolute atomic E-state index is 0.127. The minimum Gasteiger partial charge on any atom is -0.481 e. The Morgan fingerprint density at radius 2 is 1.76 bits per heavy atom. The average molecular weight is 243 g/mol. The van der Waals surface area contributed by atoms with E-state index in [1.165, 1.54) is 0 Å². The fourth-order valence-electron chi connectivity index (χ4n) is 1.64. The van der Waals surface area contributed by atoms with Gasteiger partial charge in [0.05, 0.1) is 5.92 Å². The van der Waals surface area contributed by atoms with E-state index in [0.29, 0.717) is 6.42 Å². The lowest BCUT2D eigenvalue weighted by Gasteiger charge is -2.25. The van der Waals surface area contributed by atoms with Crippen LogP contribution in [0.5, 0.6) is 0 Å². The van der Waals surface area contributed by atoms with Crippen molar-refractivity contribution in [3.8, 4) is 0 Å². The maximum atomic E-state index is 10.9. The van der Waals surface area contributed by atoms with E-state index in [2.05, 4.69) is 18.3 Å². The molecule has 0 spiro atoms. The van der Waals surface area contributed by atoms with Gasteiger partial charge in [0.15, 0.2) is 0 Å². The Morgan fingerprint density at radius 1 is 1.24 bits per heavy atom. The van der Waals surface area contributed by atoms with Gasteiger partial charge in [-0.2, -0.15) is 0 Å². The molecule has 17 heavy (non-hydrogen) atoms. The van der Waals surface area contributed by atoms with Gasteiger partial charge in [0.1, 0.15) is 0 Å². The average Bonchev–Trinajstić information content (AvgIpc) is 2.41. The van der Waals surface area contributed by atoms with Crippen molar-refractivity contribution < 1.29 is 9.90 Å². The van der Waals surface area contributed by atoms with E-state index < -0.39 is 5.97 Å². The first kappa shape index (κ1) is 18.5. The van der Waals surface area contributed by atoms with E-state index >= 15 is 0 Å². The Kier molecular flexibility index (Phi) is 14.4. The number of nitrogens with one attached hydrogen (secondary N) is 1. The summed E-state index contributed by atoms with van der Waals surface area (Å²) >= 11 is 0. The quantitative estimate of drug-likeness (QED) is 0.743. The highest BCUT2D eigenvalue weighted by Gasteiger charge is 2.27. The second-order valence-electron chi connectivity index (χ2n) is 3.45. The standard InChI is InChI=1S/C10H17NO2.2C2H6/c1-2-7-11-9-6-4-3-5-8(9)10(12)13;2*1-2/h3-4,8-9,11H,2,5-7H2,1H3,(H,12,13);2*1-2H3. The molecule has 0 amide bonds. The highest BCUT2D eigenvalue weighted by Crippen LogP contribution is 2.19. The van der Waals surface area contributed by atoms with Crippen LogP contribution in [0.3, 0.4) is 0 Å². The first-order valence-corrected chi connectivity index (χ1v) is 6.87. The van der Waals surface area contributed by atoms with Gasteiger partial charge in [-0.1, -0.05) is 46.8 Å². The topological polar surface area (TPSA) is 49.3 Å². The molecule has 2 atom stereocenters. The summed E-state index contributed by atoms with van der Waals surface area (Å²) in [4.78, 5) is 10.9. The van der Waals surface area contributed by atoms with Crippen molar-refractivity contribution in [2.24, 2.45) is 5.92 Å². The normalized spacial score (nSPS) is 21.7. The van der Waals surface area contributed by atoms with Crippen LogP contribution < -0.4 is 5.32 Å². The van der Waals surface area contributed by atoms with Crippen molar-refractivity contribution in [2.45, 2.75) is 59.9 Å². The van der Waals surface area contributed by atoms with Gasteiger partial charge in [-0.15, -0.1) is 0 Å². The molecule has 3 nitrogen and oxygen atoms in total. The smallest absolute Gasteiger partial charge is 0.308 e. The number of carboxylic acid groups (broad SMARTS) is 1. The van der Waals surface area contributed by atoms with Gasteiger partial charge in [0.2, 0.25) is 0 Å². The van der Waals surface area contributed by atoms with Crippen LogP contribution in [0.25, 0.3) is 0 Å². The summed E-state index contributed by atoms with van der Waals surface area (Å²) in [5.74, 6) is -0.922. The van der Waals surface area contributed by atoms with Crippen LogP contribution in [0, 0.1) is 5.92 Å². The third-order valence-corrected chi connectivity index (χ3v) is 2.41. The summed E-state index contributed by atoms with van der Waals surface area (Å²) in [6.07, 6.45) is 6.58. The van der Waals surface area contributed by atoms with Crippen molar-refractivity contribution in [1.82, 2.24) is 5.32 Å². The van der Waals surface area contributed by atoms with Gasteiger partial charge in [-0.3, -0.25) is 4.79 Å². The SMILES string of the molecule is CC.CC.CCCNC1CC=CCC1C(=O)O. The second-order valence-corrected chi connectivity index (χ2v) is 3.45. The zero-order chi connectivity index (χ0) is 13.7. The third kappa shape index (κ3) is 7.97. The molecule has 0 aromatic heterocycles. The molecule has 0 saturated carbocycles. The molecule has 0 fully saturated rings. The highest BCUT2D eigenvalue weighted by atomic mass is 16.4. The van der Waals surface area contributed by atoms with Gasteiger partial charge < -0.3 is 10.4 Å². The van der Waals surface area contributed by atoms with Crippen molar-refractivity contribution >= 4 is 5.97 Å². The molecule has 1 aliphatic carbocycles. The molecule has 102 valence electrons. The van der Waals surface area contributed by atoms with Crippen molar-refractivity contribution in [1.29, 1.82) is 0 Å². The lowest BCUT2D eigenvalue weighted by molar-refractivity contribution is -0.142. The number of carbonyl (C=O) groups is 1. The minimum atomic E-state index is -0.682. The second kappa shape index (κ2) is 13.2. The number of aliphatic carboxylic acids is 1. The summed E-state index contributed by atoms with van der Waals surface area (Å²) in [5.41, 5.74) is 0. The van der Waals surface area contributed by atoms with E-state index in [-0.39, 0.29) is 12.0 Å². The maximum Gasteiger partial charge on any atom is 0.308 e. The van der Waals surface area contributed by atoms with Gasteiger partial charge in [-0.25, -0.2) is 0 Å². The molecular weight excluding hydrogens is 214 g/mol. The fourth-order valence-corrected chi connectivity index (χ4v) is 1.64. The van der Waals surface area contributed by atoms with Gasteiger partial charge >= 0.3 is 5.97 Å². The van der Waals surface area contributed by atoms with Gasteiger partial charge in [-0.05, 0) is 25.8 Å². The first-order chi connectivity index (χ1) is 8.25. The van der Waals surface area contributed by atoms with Gasteiger partial charge in [0.25, 0.3) is 0 Å². The molecule has 0 aromatic rings. The molecule has 3 heteroatoms. The van der Waals surface area contributed by atoms with Crippen LogP contribution in [-0.2, 0) is 4.79 Å². The first-order valence-electron chi connectivity index (χ1n) is 6.87. The van der Waals surface area contributed by atoms with Gasteiger partial charge in [0, 0.05) is 6.04 Å². The van der Waals surface area contributed by atoms with Crippen LogP contribution in [0.1, 0.15) is 53.9 Å². The molecule has 0 aliphatic heterocycles. The lowest BCUT2D eigenvalue weighted by atomic mass is 9.89. The van der Waals surface area contributed by atoms with E-state index in [9.17, 15) is 4.79 Å². The van der Waals surface area contributed by atoms with Crippen LogP contribution in [0.15, 0.2) is 12.2 Å². The molecule has 2 N–H and O–H groups in total. The molecule has 1 aliphatic rings. The van der Waals surface area contributed by atoms with E-state index in [0.717, 1.165) is 19.4 Å². The molecule has 0 heterocycles. The molecule has 0 radical (unpaired) electrons. The maximum absolute atomic E-state index is 10.9. The Hall–Kier alpha value is -0.830. The highest BCUT2D eigenvalue weighted by molar-refractivity contribution is 5.71. The van der Waals surface area contributed by atoms with Crippen molar-refractivity contribution in [2.75, 3.05) is 6.54 Å². The van der Waals surface area contributed by atoms with Crippen LogP contribution >= 0.6 is 0 Å². The Labute approximate surface area is 106 Å². The third-order valence-electron chi connectivity index (χ3n) is 2.41. The monoisotopic (exact) mass is 243 g/mol. The molecule has 0 bridgehead atoms. The van der Waals surface area contributed by atoms with Crippen LogP contribution in [0.2, 0.25) is 0 Å². The Balaban J connectivity index is 0. The number of hydrogen-bond donors (Lipinski definition) is 2. The van der Waals surface area contributed by atoms with Crippen molar-refractivity contribution in [3.05, 3.63) is 12.2 Å². The lowest BCUT2D eigenvalue weighted by Crippen LogP contribution is -2.41. The summed E-state index contributed by atoms with van der Waals surface area (Å²) in [6, 6.07) is 0.127. The molecule has 2 unspecified atom stereocenters. The number of carboxylic acids is 1. The molecule has 0 aromatic carbocycles.